The van der Waals surface area contributed by atoms with Crippen molar-refractivity contribution in [1.29, 1.82) is 0 Å². The van der Waals surface area contributed by atoms with Crippen LogP contribution in [0.3, 0.4) is 0 Å². The molecular formula is C11H9F2NO4. The van der Waals surface area contributed by atoms with Gasteiger partial charge in [-0.25, -0.2) is 9.18 Å². The number of nitrogens with two attached hydrogens (primary N) is 1. The van der Waals surface area contributed by atoms with E-state index in [2.05, 4.69) is 10.2 Å². The Hall–Kier alpha value is -2.28. The molecule has 1 aromatic heterocycles. The van der Waals surface area contributed by atoms with Gasteiger partial charge in [0.1, 0.15) is 5.56 Å². The van der Waals surface area contributed by atoms with Crippen LogP contribution in [0.4, 0.5) is 8.78 Å². The molecule has 0 spiro atoms. The van der Waals surface area contributed by atoms with Gasteiger partial charge in [-0.2, -0.15) is 4.39 Å². The van der Waals surface area contributed by atoms with Crippen molar-refractivity contribution in [2.24, 2.45) is 5.73 Å². The standard InChI is InChI=1S/C10H4F2O4.CH5N/c11-6-2-4-1-5(3-13)10(15)16-9(4)7(12)8(6)14;1-2/h1-3,14H;2H2,1H3. The molecule has 0 aliphatic heterocycles. The number of aldehydes is 1. The SMILES string of the molecule is CN.O=Cc1cc2cc(F)c(O)c(F)c2oc1=O. The average Bonchev–Trinajstić information content (AvgIpc) is 2.39. The average molecular weight is 257 g/mol. The van der Waals surface area contributed by atoms with Gasteiger partial charge in [0.25, 0.3) is 0 Å². The van der Waals surface area contributed by atoms with Gasteiger partial charge in [-0.15, -0.1) is 0 Å². The van der Waals surface area contributed by atoms with E-state index in [1.807, 2.05) is 0 Å². The molecule has 1 aromatic carbocycles. The normalized spacial score (nSPS) is 9.78. The zero-order valence-electron chi connectivity index (χ0n) is 9.24. The van der Waals surface area contributed by atoms with Gasteiger partial charge in [0, 0.05) is 5.39 Å². The van der Waals surface area contributed by atoms with Crippen LogP contribution in [-0.4, -0.2) is 18.4 Å². The summed E-state index contributed by atoms with van der Waals surface area (Å²) < 4.78 is 30.7. The molecule has 7 heteroatoms. The van der Waals surface area contributed by atoms with Crippen molar-refractivity contribution in [3.8, 4) is 5.75 Å². The molecule has 0 saturated carbocycles. The largest absolute Gasteiger partial charge is 0.503 e. The maximum atomic E-state index is 13.3. The third kappa shape index (κ3) is 2.21. The van der Waals surface area contributed by atoms with E-state index in [-0.39, 0.29) is 17.2 Å². The second kappa shape index (κ2) is 5.37. The molecule has 0 bridgehead atoms. The minimum atomic E-state index is -1.37. The summed E-state index contributed by atoms with van der Waals surface area (Å²) in [6, 6.07) is 1.75. The van der Waals surface area contributed by atoms with E-state index in [0.717, 1.165) is 12.1 Å². The number of hydrogen-bond acceptors (Lipinski definition) is 5. The van der Waals surface area contributed by atoms with Crippen LogP contribution in [0.2, 0.25) is 0 Å². The summed E-state index contributed by atoms with van der Waals surface area (Å²) in [4.78, 5) is 21.5. The number of carbonyl (C=O) groups excluding carboxylic acids is 1. The Bertz CT molecular complexity index is 652. The summed E-state index contributed by atoms with van der Waals surface area (Å²) in [5.41, 5.74) is 2.51. The summed E-state index contributed by atoms with van der Waals surface area (Å²) >= 11 is 0. The van der Waals surface area contributed by atoms with Gasteiger partial charge in [0.05, 0.1) is 0 Å². The number of benzene rings is 1. The minimum Gasteiger partial charge on any atom is -0.503 e. The van der Waals surface area contributed by atoms with Crippen LogP contribution in [0.15, 0.2) is 21.3 Å². The Morgan fingerprint density at radius 1 is 1.33 bits per heavy atom. The lowest BCUT2D eigenvalue weighted by atomic mass is 10.1. The third-order valence-corrected chi connectivity index (χ3v) is 2.05. The van der Waals surface area contributed by atoms with Crippen LogP contribution in [0, 0.1) is 11.6 Å². The number of carbonyl (C=O) groups is 1. The Balaban J connectivity index is 0.000000771. The number of phenolic OH excluding ortho intramolecular Hbond substituents is 1. The summed E-state index contributed by atoms with van der Waals surface area (Å²) in [5, 5.41) is 8.82. The van der Waals surface area contributed by atoms with Crippen LogP contribution in [0.25, 0.3) is 11.0 Å². The highest BCUT2D eigenvalue weighted by Gasteiger charge is 2.16. The van der Waals surface area contributed by atoms with Crippen molar-refractivity contribution in [3.05, 3.63) is 39.8 Å². The van der Waals surface area contributed by atoms with E-state index in [0.29, 0.717) is 0 Å². The predicted octanol–water partition coefficient (Wildman–Crippen LogP) is 1.16. The summed E-state index contributed by atoms with van der Waals surface area (Å²) in [6.07, 6.45) is 0.216. The second-order valence-electron chi connectivity index (χ2n) is 3.05. The number of rotatable bonds is 1. The number of hydrogen-bond donors (Lipinski definition) is 2. The Labute approximate surface area is 99.4 Å². The number of fused-ring (bicyclic) bond motifs is 1. The van der Waals surface area contributed by atoms with Gasteiger partial charge in [-0.1, -0.05) is 0 Å². The van der Waals surface area contributed by atoms with E-state index < -0.39 is 28.6 Å². The molecule has 0 radical (unpaired) electrons. The Morgan fingerprint density at radius 3 is 2.50 bits per heavy atom. The molecule has 2 rings (SSSR count). The van der Waals surface area contributed by atoms with E-state index >= 15 is 0 Å². The van der Waals surface area contributed by atoms with Crippen LogP contribution in [-0.2, 0) is 0 Å². The lowest BCUT2D eigenvalue weighted by Gasteiger charge is -2.01. The Kier molecular flexibility index (Phi) is 4.11. The van der Waals surface area contributed by atoms with E-state index in [9.17, 15) is 18.4 Å². The molecule has 5 nitrogen and oxygen atoms in total. The zero-order chi connectivity index (χ0) is 13.9. The molecular weight excluding hydrogens is 248 g/mol. The molecule has 0 atom stereocenters. The van der Waals surface area contributed by atoms with Gasteiger partial charge in [-0.3, -0.25) is 4.79 Å². The maximum absolute atomic E-state index is 13.3. The fraction of sp³-hybridized carbons (Fsp3) is 0.0909. The number of aromatic hydroxyl groups is 1. The molecule has 0 unspecified atom stereocenters. The van der Waals surface area contributed by atoms with Crippen molar-refractivity contribution >= 4 is 17.3 Å². The molecule has 2 aromatic rings. The first-order valence-corrected chi connectivity index (χ1v) is 4.72. The summed E-state index contributed by atoms with van der Waals surface area (Å²) in [5.74, 6) is -3.80. The molecule has 0 aliphatic carbocycles. The molecule has 0 fully saturated rings. The van der Waals surface area contributed by atoms with Gasteiger partial charge < -0.3 is 15.3 Å². The fourth-order valence-corrected chi connectivity index (χ4v) is 1.28. The first kappa shape index (κ1) is 13.8. The number of phenols is 1. The maximum Gasteiger partial charge on any atom is 0.347 e. The van der Waals surface area contributed by atoms with Crippen molar-refractivity contribution in [1.82, 2.24) is 0 Å². The fourth-order valence-electron chi connectivity index (χ4n) is 1.28. The van der Waals surface area contributed by atoms with E-state index in [1.54, 1.807) is 0 Å². The molecule has 1 heterocycles. The summed E-state index contributed by atoms with van der Waals surface area (Å²) in [7, 11) is 1.50. The smallest absolute Gasteiger partial charge is 0.347 e. The predicted molar refractivity (Wildman–Crippen MR) is 59.6 cm³/mol. The molecule has 0 amide bonds. The van der Waals surface area contributed by atoms with E-state index in [4.69, 9.17) is 5.11 Å². The van der Waals surface area contributed by atoms with Crippen LogP contribution < -0.4 is 11.4 Å². The van der Waals surface area contributed by atoms with Crippen molar-refractivity contribution < 1.29 is 23.1 Å². The van der Waals surface area contributed by atoms with E-state index in [1.165, 1.54) is 7.05 Å². The topological polar surface area (TPSA) is 93.5 Å². The monoisotopic (exact) mass is 257 g/mol. The summed E-state index contributed by atoms with van der Waals surface area (Å²) in [6.45, 7) is 0. The van der Waals surface area contributed by atoms with Gasteiger partial charge >= 0.3 is 5.63 Å². The molecule has 18 heavy (non-hydrogen) atoms. The molecule has 3 N–H and O–H groups in total. The molecule has 0 aliphatic rings. The highest BCUT2D eigenvalue weighted by molar-refractivity contribution is 5.85. The highest BCUT2D eigenvalue weighted by atomic mass is 19.1. The zero-order valence-corrected chi connectivity index (χ0v) is 9.24. The molecule has 0 saturated heterocycles. The first-order valence-electron chi connectivity index (χ1n) is 4.72. The van der Waals surface area contributed by atoms with Crippen LogP contribution in [0.1, 0.15) is 10.4 Å². The minimum absolute atomic E-state index is 0.116. The lowest BCUT2D eigenvalue weighted by Crippen LogP contribution is -2.06. The lowest BCUT2D eigenvalue weighted by molar-refractivity contribution is 0.112. The van der Waals surface area contributed by atoms with Crippen molar-refractivity contribution in [2.45, 2.75) is 0 Å². The van der Waals surface area contributed by atoms with Crippen molar-refractivity contribution in [3.63, 3.8) is 0 Å². The van der Waals surface area contributed by atoms with Crippen LogP contribution in [0.5, 0.6) is 5.75 Å². The second-order valence-corrected chi connectivity index (χ2v) is 3.05. The van der Waals surface area contributed by atoms with Gasteiger partial charge in [-0.05, 0) is 19.2 Å². The quantitative estimate of drug-likeness (QED) is 0.590. The van der Waals surface area contributed by atoms with Gasteiger partial charge in [0.15, 0.2) is 23.4 Å². The highest BCUT2D eigenvalue weighted by Crippen LogP contribution is 2.27. The van der Waals surface area contributed by atoms with Crippen LogP contribution >= 0.6 is 0 Å². The van der Waals surface area contributed by atoms with Crippen molar-refractivity contribution in [2.75, 3.05) is 7.05 Å². The molecule has 96 valence electrons. The van der Waals surface area contributed by atoms with Gasteiger partial charge in [0.2, 0.25) is 5.82 Å². The third-order valence-electron chi connectivity index (χ3n) is 2.05. The Morgan fingerprint density at radius 2 is 1.94 bits per heavy atom. The number of halogens is 2. The first-order chi connectivity index (χ1) is 8.54.